The Labute approximate surface area is 166 Å². The van der Waals surface area contributed by atoms with Gasteiger partial charge in [0.25, 0.3) is 0 Å². The Bertz CT molecular complexity index is 880. The number of carbonyl (C=O) groups is 1. The number of ether oxygens (including phenoxy) is 2. The lowest BCUT2D eigenvalue weighted by atomic mass is 9.99. The fraction of sp³-hybridized carbons (Fsp3) is 0.261. The number of anilines is 1. The maximum absolute atomic E-state index is 10.9. The highest BCUT2D eigenvalue weighted by molar-refractivity contribution is 5.79. The Morgan fingerprint density at radius 2 is 1.93 bits per heavy atom. The number of hydrogen-bond acceptors (Lipinski definition) is 4. The van der Waals surface area contributed by atoms with Crippen LogP contribution < -0.4 is 14.8 Å². The summed E-state index contributed by atoms with van der Waals surface area (Å²) >= 11 is 0. The van der Waals surface area contributed by atoms with Crippen molar-refractivity contribution in [3.63, 3.8) is 0 Å². The van der Waals surface area contributed by atoms with Crippen LogP contribution in [0, 0.1) is 0 Å². The van der Waals surface area contributed by atoms with Gasteiger partial charge >= 0.3 is 0 Å². The van der Waals surface area contributed by atoms with Crippen molar-refractivity contribution in [2.75, 3.05) is 19.0 Å². The van der Waals surface area contributed by atoms with E-state index in [1.807, 2.05) is 31.2 Å². The molecule has 0 spiro atoms. The second-order valence-electron chi connectivity index (χ2n) is 6.49. The Balaban J connectivity index is 2.51. The van der Waals surface area contributed by atoms with Crippen LogP contribution >= 0.6 is 0 Å². The predicted octanol–water partition coefficient (Wildman–Crippen LogP) is 5.05. The molecular formula is C23H27NO4. The van der Waals surface area contributed by atoms with E-state index in [2.05, 4.69) is 25.2 Å². The monoisotopic (exact) mass is 381 g/mol. The molecule has 0 aliphatic heterocycles. The number of rotatable bonds is 9. The Hall–Kier alpha value is -3.21. The molecule has 148 valence electrons. The summed E-state index contributed by atoms with van der Waals surface area (Å²) in [7, 11) is 1.52. The van der Waals surface area contributed by atoms with Crippen LogP contribution in [0.2, 0.25) is 0 Å². The SMILES string of the molecule is CCOc1cc(NC=O)cc(/C=C/c2ccc(O)c(OC)c2)c1CC=C(C)C. The van der Waals surface area contributed by atoms with Crippen LogP contribution in [0.5, 0.6) is 17.2 Å². The summed E-state index contributed by atoms with van der Waals surface area (Å²) in [5.41, 5.74) is 4.76. The Morgan fingerprint density at radius 1 is 1.14 bits per heavy atom. The van der Waals surface area contributed by atoms with Gasteiger partial charge in [-0.15, -0.1) is 0 Å². The van der Waals surface area contributed by atoms with Crippen LogP contribution in [-0.2, 0) is 11.2 Å². The highest BCUT2D eigenvalue weighted by Gasteiger charge is 2.10. The largest absolute Gasteiger partial charge is 0.504 e. The van der Waals surface area contributed by atoms with E-state index < -0.39 is 0 Å². The topological polar surface area (TPSA) is 67.8 Å². The van der Waals surface area contributed by atoms with Gasteiger partial charge in [0.05, 0.1) is 13.7 Å². The summed E-state index contributed by atoms with van der Waals surface area (Å²) in [6.07, 6.45) is 7.42. The first-order valence-electron chi connectivity index (χ1n) is 9.16. The number of amides is 1. The van der Waals surface area contributed by atoms with Crippen LogP contribution in [0.3, 0.4) is 0 Å². The van der Waals surface area contributed by atoms with E-state index in [4.69, 9.17) is 9.47 Å². The van der Waals surface area contributed by atoms with Gasteiger partial charge in [-0.1, -0.05) is 29.9 Å². The van der Waals surface area contributed by atoms with Crippen molar-refractivity contribution in [3.8, 4) is 17.2 Å². The number of carbonyl (C=O) groups excluding carboxylic acids is 1. The van der Waals surface area contributed by atoms with Gasteiger partial charge in [-0.3, -0.25) is 4.79 Å². The van der Waals surface area contributed by atoms with Gasteiger partial charge in [0.1, 0.15) is 5.75 Å². The minimum Gasteiger partial charge on any atom is -0.504 e. The normalized spacial score (nSPS) is 10.6. The van der Waals surface area contributed by atoms with Gasteiger partial charge in [-0.2, -0.15) is 0 Å². The summed E-state index contributed by atoms with van der Waals surface area (Å²) in [5, 5.41) is 12.5. The number of nitrogens with one attached hydrogen (secondary N) is 1. The third-order valence-electron chi connectivity index (χ3n) is 4.14. The summed E-state index contributed by atoms with van der Waals surface area (Å²) in [5.74, 6) is 1.26. The van der Waals surface area contributed by atoms with Crippen molar-refractivity contribution in [2.24, 2.45) is 0 Å². The number of hydrogen-bond donors (Lipinski definition) is 2. The lowest BCUT2D eigenvalue weighted by Crippen LogP contribution is -2.02. The van der Waals surface area contributed by atoms with Crippen molar-refractivity contribution in [1.82, 2.24) is 0 Å². The zero-order chi connectivity index (χ0) is 20.5. The maximum atomic E-state index is 10.9. The van der Waals surface area contributed by atoms with Gasteiger partial charge in [0, 0.05) is 17.3 Å². The van der Waals surface area contributed by atoms with Crippen LogP contribution in [0.4, 0.5) is 5.69 Å². The van der Waals surface area contributed by atoms with Gasteiger partial charge < -0.3 is 19.9 Å². The number of methoxy groups -OCH3 is 1. The summed E-state index contributed by atoms with van der Waals surface area (Å²) in [4.78, 5) is 10.9. The smallest absolute Gasteiger partial charge is 0.211 e. The second-order valence-corrected chi connectivity index (χ2v) is 6.49. The summed E-state index contributed by atoms with van der Waals surface area (Å²) in [6.45, 7) is 6.58. The zero-order valence-electron chi connectivity index (χ0n) is 16.8. The first-order valence-corrected chi connectivity index (χ1v) is 9.16. The average Bonchev–Trinajstić information content (AvgIpc) is 2.66. The third-order valence-corrected chi connectivity index (χ3v) is 4.14. The van der Waals surface area contributed by atoms with Gasteiger partial charge in [-0.05, 0) is 56.5 Å². The predicted molar refractivity (Wildman–Crippen MR) is 114 cm³/mol. The van der Waals surface area contributed by atoms with E-state index in [-0.39, 0.29) is 5.75 Å². The number of phenolic OH excluding ortho intramolecular Hbond substituents is 1. The van der Waals surface area contributed by atoms with Crippen LogP contribution in [-0.4, -0.2) is 25.2 Å². The molecule has 0 saturated heterocycles. The lowest BCUT2D eigenvalue weighted by molar-refractivity contribution is -0.105. The lowest BCUT2D eigenvalue weighted by Gasteiger charge is -2.15. The molecular weight excluding hydrogens is 354 g/mol. The van der Waals surface area contributed by atoms with E-state index >= 15 is 0 Å². The fourth-order valence-electron chi connectivity index (χ4n) is 2.76. The first kappa shape index (κ1) is 21.1. The number of aromatic hydroxyl groups is 1. The Kier molecular flexibility index (Phi) is 7.69. The van der Waals surface area contributed by atoms with Crippen molar-refractivity contribution >= 4 is 24.2 Å². The summed E-state index contributed by atoms with van der Waals surface area (Å²) in [6, 6.07) is 8.92. The molecule has 0 bridgehead atoms. The molecule has 0 saturated carbocycles. The van der Waals surface area contributed by atoms with Crippen molar-refractivity contribution in [3.05, 3.63) is 58.7 Å². The molecule has 28 heavy (non-hydrogen) atoms. The van der Waals surface area contributed by atoms with E-state index in [1.54, 1.807) is 18.2 Å². The summed E-state index contributed by atoms with van der Waals surface area (Å²) < 4.78 is 11.0. The molecule has 0 unspecified atom stereocenters. The van der Waals surface area contributed by atoms with Crippen LogP contribution in [0.25, 0.3) is 12.2 Å². The molecule has 2 aromatic rings. The zero-order valence-corrected chi connectivity index (χ0v) is 16.8. The van der Waals surface area contributed by atoms with Crippen LogP contribution in [0.15, 0.2) is 42.0 Å². The molecule has 5 heteroatoms. The Morgan fingerprint density at radius 3 is 2.57 bits per heavy atom. The van der Waals surface area contributed by atoms with Crippen molar-refractivity contribution in [1.29, 1.82) is 0 Å². The first-order chi connectivity index (χ1) is 13.5. The molecule has 2 aromatic carbocycles. The molecule has 0 aliphatic carbocycles. The standard InChI is InChI=1S/C23H27NO4/c1-5-28-22-14-19(24-15-25)13-18(20(22)10-6-16(2)3)9-7-17-8-11-21(26)23(12-17)27-4/h6-9,11-15,26H,5,10H2,1-4H3,(H,24,25)/b9-7+. The highest BCUT2D eigenvalue weighted by Crippen LogP contribution is 2.31. The molecule has 1 amide bonds. The average molecular weight is 381 g/mol. The number of allylic oxidation sites excluding steroid dienone is 2. The molecule has 0 fully saturated rings. The van der Waals surface area contributed by atoms with Crippen molar-refractivity contribution < 1.29 is 19.4 Å². The van der Waals surface area contributed by atoms with E-state index in [1.165, 1.54) is 12.7 Å². The second kappa shape index (κ2) is 10.2. The van der Waals surface area contributed by atoms with E-state index in [0.717, 1.165) is 28.9 Å². The molecule has 0 aromatic heterocycles. The quantitative estimate of drug-likeness (QED) is 0.362. The van der Waals surface area contributed by atoms with Crippen LogP contribution in [0.1, 0.15) is 37.5 Å². The molecule has 2 rings (SSSR count). The molecule has 5 nitrogen and oxygen atoms in total. The van der Waals surface area contributed by atoms with E-state index in [0.29, 0.717) is 24.5 Å². The van der Waals surface area contributed by atoms with E-state index in [9.17, 15) is 9.90 Å². The number of benzene rings is 2. The van der Waals surface area contributed by atoms with Gasteiger partial charge in [0.15, 0.2) is 11.5 Å². The van der Waals surface area contributed by atoms with Gasteiger partial charge in [0.2, 0.25) is 6.41 Å². The molecule has 0 atom stereocenters. The minimum atomic E-state index is 0.0970. The molecule has 0 aliphatic rings. The van der Waals surface area contributed by atoms with Crippen molar-refractivity contribution in [2.45, 2.75) is 27.2 Å². The highest BCUT2D eigenvalue weighted by atomic mass is 16.5. The third kappa shape index (κ3) is 5.64. The maximum Gasteiger partial charge on any atom is 0.211 e. The molecule has 2 N–H and O–H groups in total. The molecule has 0 heterocycles. The number of phenols is 1. The minimum absolute atomic E-state index is 0.0970. The fourth-order valence-corrected chi connectivity index (χ4v) is 2.76. The van der Waals surface area contributed by atoms with Gasteiger partial charge in [-0.25, -0.2) is 0 Å². The molecule has 0 radical (unpaired) electrons.